The molecule has 0 saturated heterocycles. The molecule has 0 fully saturated rings. The molecule has 154 valence electrons. The smallest absolute Gasteiger partial charge is 0.277 e. The normalized spacial score (nSPS) is 11.2. The van der Waals surface area contributed by atoms with Crippen LogP contribution in [-0.2, 0) is 5.75 Å². The lowest BCUT2D eigenvalue weighted by Crippen LogP contribution is -2.21. The number of anilines is 1. The third-order valence-corrected chi connectivity index (χ3v) is 5.78. The molecule has 0 aliphatic carbocycles. The van der Waals surface area contributed by atoms with Crippen molar-refractivity contribution in [2.45, 2.75) is 31.7 Å². The monoisotopic (exact) mass is 421 g/mol. The first-order valence-electron chi connectivity index (χ1n) is 9.88. The number of pyridine rings is 1. The first-order chi connectivity index (χ1) is 14.6. The zero-order chi connectivity index (χ0) is 21.1. The van der Waals surface area contributed by atoms with E-state index in [1.54, 1.807) is 16.7 Å². The summed E-state index contributed by atoms with van der Waals surface area (Å²) in [6, 6.07) is 13.4. The molecule has 0 N–H and O–H groups in total. The molecular formula is C22H23N5O2S. The Balaban J connectivity index is 1.48. The number of hydrogen-bond acceptors (Lipinski definition) is 7. The van der Waals surface area contributed by atoms with Gasteiger partial charge in [-0.2, -0.15) is 0 Å². The van der Waals surface area contributed by atoms with Gasteiger partial charge in [0.1, 0.15) is 5.65 Å². The summed E-state index contributed by atoms with van der Waals surface area (Å²) in [4.78, 5) is 19.2. The Morgan fingerprint density at radius 1 is 1.10 bits per heavy atom. The van der Waals surface area contributed by atoms with Crippen molar-refractivity contribution >= 4 is 23.1 Å². The summed E-state index contributed by atoms with van der Waals surface area (Å²) in [6.07, 6.45) is 1.73. The molecule has 7 nitrogen and oxygen atoms in total. The lowest BCUT2D eigenvalue weighted by Gasteiger charge is -2.20. The summed E-state index contributed by atoms with van der Waals surface area (Å²) >= 11 is 1.37. The van der Waals surface area contributed by atoms with Crippen molar-refractivity contribution in [1.82, 2.24) is 19.6 Å². The van der Waals surface area contributed by atoms with E-state index < -0.39 is 0 Å². The Morgan fingerprint density at radius 3 is 2.60 bits per heavy atom. The lowest BCUT2D eigenvalue weighted by atomic mass is 10.2. The van der Waals surface area contributed by atoms with Crippen molar-refractivity contribution < 1.29 is 4.42 Å². The number of thioether (sulfide) groups is 1. The van der Waals surface area contributed by atoms with Crippen molar-refractivity contribution in [2.75, 3.05) is 18.0 Å². The molecule has 0 aliphatic rings. The minimum atomic E-state index is -0.0983. The fourth-order valence-electron chi connectivity index (χ4n) is 3.31. The van der Waals surface area contributed by atoms with Crippen molar-refractivity contribution in [1.29, 1.82) is 0 Å². The van der Waals surface area contributed by atoms with Crippen LogP contribution in [0.3, 0.4) is 0 Å². The fraction of sp³-hybridized carbons (Fsp3) is 0.273. The first kappa shape index (κ1) is 20.2. The molecule has 0 spiro atoms. The van der Waals surface area contributed by atoms with Crippen LogP contribution in [0.2, 0.25) is 0 Å². The van der Waals surface area contributed by atoms with Crippen LogP contribution in [0.4, 0.5) is 5.69 Å². The molecule has 4 rings (SSSR count). The van der Waals surface area contributed by atoms with E-state index in [2.05, 4.69) is 46.1 Å². The van der Waals surface area contributed by atoms with Gasteiger partial charge in [-0.15, -0.1) is 10.2 Å². The number of rotatable bonds is 7. The third-order valence-electron chi connectivity index (χ3n) is 4.93. The molecule has 0 saturated carbocycles. The van der Waals surface area contributed by atoms with Gasteiger partial charge in [-0.25, -0.2) is 4.98 Å². The first-order valence-corrected chi connectivity index (χ1v) is 10.9. The predicted octanol–water partition coefficient (Wildman–Crippen LogP) is 4.19. The highest BCUT2D eigenvalue weighted by atomic mass is 32.2. The molecule has 8 heteroatoms. The number of aromatic nitrogens is 4. The molecule has 0 aliphatic heterocycles. The third kappa shape index (κ3) is 4.09. The maximum absolute atomic E-state index is 12.3. The molecule has 3 heterocycles. The highest BCUT2D eigenvalue weighted by Gasteiger charge is 2.12. The molecule has 4 aromatic rings. The van der Waals surface area contributed by atoms with Crippen LogP contribution in [0.1, 0.15) is 25.1 Å². The predicted molar refractivity (Wildman–Crippen MR) is 119 cm³/mol. The molecule has 0 atom stereocenters. The highest BCUT2D eigenvalue weighted by Crippen LogP contribution is 2.27. The van der Waals surface area contributed by atoms with Gasteiger partial charge < -0.3 is 9.32 Å². The topological polar surface area (TPSA) is 76.5 Å². The fourth-order valence-corrected chi connectivity index (χ4v) is 3.96. The van der Waals surface area contributed by atoms with E-state index in [4.69, 9.17) is 4.42 Å². The largest absolute Gasteiger partial charge is 0.411 e. The summed E-state index contributed by atoms with van der Waals surface area (Å²) in [5, 5.41) is 8.73. The Kier molecular flexibility index (Phi) is 5.85. The SMILES string of the molecule is CCN(CC)c1ccc(-c2nnc(SCc3cc(=O)n4cccc(C)c4n3)o2)cc1. The van der Waals surface area contributed by atoms with Crippen LogP contribution in [0.25, 0.3) is 17.1 Å². The molecule has 1 aromatic carbocycles. The van der Waals surface area contributed by atoms with E-state index in [0.717, 1.165) is 24.2 Å². The molecule has 30 heavy (non-hydrogen) atoms. The van der Waals surface area contributed by atoms with Gasteiger partial charge in [-0.05, 0) is 56.7 Å². The summed E-state index contributed by atoms with van der Waals surface area (Å²) in [5.74, 6) is 0.953. The van der Waals surface area contributed by atoms with E-state index in [1.807, 2.05) is 31.2 Å². The quantitative estimate of drug-likeness (QED) is 0.414. The van der Waals surface area contributed by atoms with E-state index in [0.29, 0.717) is 28.2 Å². The second kappa shape index (κ2) is 8.71. The zero-order valence-electron chi connectivity index (χ0n) is 17.2. The van der Waals surface area contributed by atoms with E-state index in [-0.39, 0.29) is 5.56 Å². The lowest BCUT2D eigenvalue weighted by molar-refractivity contribution is 0.466. The van der Waals surface area contributed by atoms with Crippen LogP contribution >= 0.6 is 11.8 Å². The van der Waals surface area contributed by atoms with Gasteiger partial charge in [0, 0.05) is 42.4 Å². The van der Waals surface area contributed by atoms with Crippen molar-refractivity contribution in [2.24, 2.45) is 0 Å². The van der Waals surface area contributed by atoms with Crippen LogP contribution < -0.4 is 10.5 Å². The zero-order valence-corrected chi connectivity index (χ0v) is 18.0. The van der Waals surface area contributed by atoms with Gasteiger partial charge in [0.05, 0.1) is 5.69 Å². The minimum Gasteiger partial charge on any atom is -0.411 e. The van der Waals surface area contributed by atoms with Crippen molar-refractivity contribution in [3.8, 4) is 11.5 Å². The number of benzene rings is 1. The molecule has 0 radical (unpaired) electrons. The highest BCUT2D eigenvalue weighted by molar-refractivity contribution is 7.98. The van der Waals surface area contributed by atoms with Gasteiger partial charge in [0.25, 0.3) is 10.8 Å². The van der Waals surface area contributed by atoms with Crippen LogP contribution in [0.15, 0.2) is 63.1 Å². The maximum atomic E-state index is 12.3. The van der Waals surface area contributed by atoms with Gasteiger partial charge >= 0.3 is 0 Å². The molecule has 0 unspecified atom stereocenters. The van der Waals surface area contributed by atoms with E-state index in [9.17, 15) is 4.79 Å². The van der Waals surface area contributed by atoms with Gasteiger partial charge in [-0.3, -0.25) is 9.20 Å². The number of fused-ring (bicyclic) bond motifs is 1. The molecular weight excluding hydrogens is 398 g/mol. The summed E-state index contributed by atoms with van der Waals surface area (Å²) < 4.78 is 7.35. The second-order valence-corrected chi connectivity index (χ2v) is 7.78. The Labute approximate surface area is 178 Å². The molecule has 0 bridgehead atoms. The Bertz CT molecular complexity index is 1210. The summed E-state index contributed by atoms with van der Waals surface area (Å²) in [6.45, 7) is 8.14. The minimum absolute atomic E-state index is 0.0983. The summed E-state index contributed by atoms with van der Waals surface area (Å²) in [7, 11) is 0. The van der Waals surface area contributed by atoms with Crippen molar-refractivity contribution in [3.63, 3.8) is 0 Å². The van der Waals surface area contributed by atoms with Crippen LogP contribution in [0, 0.1) is 6.92 Å². The Morgan fingerprint density at radius 2 is 1.87 bits per heavy atom. The maximum Gasteiger partial charge on any atom is 0.277 e. The number of nitrogens with zero attached hydrogens (tertiary/aromatic N) is 5. The second-order valence-electron chi connectivity index (χ2n) is 6.85. The summed E-state index contributed by atoms with van der Waals surface area (Å²) in [5.41, 5.74) is 4.25. The number of aryl methyl sites for hydroxylation is 1. The van der Waals surface area contributed by atoms with Gasteiger partial charge in [-0.1, -0.05) is 17.8 Å². The van der Waals surface area contributed by atoms with E-state index in [1.165, 1.54) is 17.4 Å². The average molecular weight is 422 g/mol. The van der Waals surface area contributed by atoms with E-state index >= 15 is 0 Å². The van der Waals surface area contributed by atoms with Crippen LogP contribution in [-0.4, -0.2) is 32.7 Å². The Hall–Kier alpha value is -3.13. The standard InChI is InChI=1S/C22H23N5O2S/c1-4-26(5-2)18-10-8-16(9-11-18)21-24-25-22(29-21)30-14-17-13-19(28)27-12-6-7-15(3)20(27)23-17/h6-13H,4-5,14H2,1-3H3. The number of hydrogen-bond donors (Lipinski definition) is 0. The average Bonchev–Trinajstić information content (AvgIpc) is 3.24. The van der Waals surface area contributed by atoms with Crippen LogP contribution in [0.5, 0.6) is 0 Å². The van der Waals surface area contributed by atoms with Gasteiger partial charge in [0.2, 0.25) is 5.89 Å². The molecule has 0 amide bonds. The van der Waals surface area contributed by atoms with Crippen molar-refractivity contribution in [3.05, 3.63) is 70.3 Å². The van der Waals surface area contributed by atoms with Gasteiger partial charge in [0.15, 0.2) is 0 Å². The molecule has 3 aromatic heterocycles.